The molecule has 0 amide bonds. The van der Waals surface area contributed by atoms with Crippen LogP contribution in [-0.2, 0) is 13.2 Å². The standard InChI is InChI=1S/C15H15ClN2O3/c1-17-9-11-4-2-5-12(8-11)21-10-13-14(16)6-3-7-15(13)18(19)20/h2-8,17H,9-10H2,1H3. The van der Waals surface area contributed by atoms with Crippen molar-refractivity contribution in [2.75, 3.05) is 7.05 Å². The van der Waals surface area contributed by atoms with Crippen molar-refractivity contribution in [2.24, 2.45) is 0 Å². The molecule has 2 aromatic carbocycles. The van der Waals surface area contributed by atoms with Gasteiger partial charge in [-0.1, -0.05) is 29.8 Å². The Morgan fingerprint density at radius 2 is 2.05 bits per heavy atom. The molecule has 0 unspecified atom stereocenters. The molecule has 0 spiro atoms. The largest absolute Gasteiger partial charge is 0.489 e. The number of nitrogens with one attached hydrogen (secondary N) is 1. The fraction of sp³-hybridized carbons (Fsp3) is 0.200. The van der Waals surface area contributed by atoms with E-state index in [4.69, 9.17) is 16.3 Å². The SMILES string of the molecule is CNCc1cccc(OCc2c(Cl)cccc2[N+](=O)[O-])c1. The summed E-state index contributed by atoms with van der Waals surface area (Å²) in [7, 11) is 1.86. The first-order chi connectivity index (χ1) is 10.1. The molecule has 0 saturated heterocycles. The van der Waals surface area contributed by atoms with Crippen molar-refractivity contribution >= 4 is 17.3 Å². The van der Waals surface area contributed by atoms with E-state index in [9.17, 15) is 10.1 Å². The molecular weight excluding hydrogens is 292 g/mol. The minimum absolute atomic E-state index is 0.0334. The molecule has 0 fully saturated rings. The van der Waals surface area contributed by atoms with E-state index in [-0.39, 0.29) is 12.3 Å². The second kappa shape index (κ2) is 7.06. The molecule has 0 saturated carbocycles. The molecule has 0 aliphatic rings. The lowest BCUT2D eigenvalue weighted by Gasteiger charge is -2.09. The zero-order chi connectivity index (χ0) is 15.2. The van der Waals surface area contributed by atoms with Gasteiger partial charge in [0.1, 0.15) is 12.4 Å². The predicted octanol–water partition coefficient (Wildman–Crippen LogP) is 3.55. The second-order valence-corrected chi connectivity index (χ2v) is 4.87. The number of nitro benzene ring substituents is 1. The van der Waals surface area contributed by atoms with Gasteiger partial charge in [-0.15, -0.1) is 0 Å². The lowest BCUT2D eigenvalue weighted by atomic mass is 10.2. The van der Waals surface area contributed by atoms with Gasteiger partial charge in [-0.2, -0.15) is 0 Å². The van der Waals surface area contributed by atoms with E-state index in [1.54, 1.807) is 12.1 Å². The average molecular weight is 307 g/mol. The van der Waals surface area contributed by atoms with Crippen molar-refractivity contribution in [1.29, 1.82) is 0 Å². The zero-order valence-corrected chi connectivity index (χ0v) is 12.3. The summed E-state index contributed by atoms with van der Waals surface area (Å²) < 4.78 is 5.63. The monoisotopic (exact) mass is 306 g/mol. The summed E-state index contributed by atoms with van der Waals surface area (Å²) in [6.45, 7) is 0.780. The highest BCUT2D eigenvalue weighted by molar-refractivity contribution is 6.31. The topological polar surface area (TPSA) is 64.4 Å². The maximum Gasteiger partial charge on any atom is 0.277 e. The normalized spacial score (nSPS) is 10.4. The molecule has 0 aliphatic heterocycles. The summed E-state index contributed by atoms with van der Waals surface area (Å²) in [5.74, 6) is 0.650. The number of ether oxygens (including phenoxy) is 1. The molecule has 6 heteroatoms. The van der Waals surface area contributed by atoms with Crippen LogP contribution in [0, 0.1) is 10.1 Å². The molecule has 0 aliphatic carbocycles. The number of hydrogen-bond acceptors (Lipinski definition) is 4. The maximum absolute atomic E-state index is 11.0. The molecular formula is C15H15ClN2O3. The Labute approximate surface area is 127 Å². The van der Waals surface area contributed by atoms with Gasteiger partial charge in [-0.25, -0.2) is 0 Å². The lowest BCUT2D eigenvalue weighted by molar-refractivity contribution is -0.385. The molecule has 0 atom stereocenters. The van der Waals surface area contributed by atoms with Crippen LogP contribution in [0.25, 0.3) is 0 Å². The smallest absolute Gasteiger partial charge is 0.277 e. The van der Waals surface area contributed by atoms with Crippen LogP contribution < -0.4 is 10.1 Å². The van der Waals surface area contributed by atoms with Gasteiger partial charge in [-0.05, 0) is 30.8 Å². The molecule has 0 bridgehead atoms. The van der Waals surface area contributed by atoms with E-state index in [1.165, 1.54) is 6.07 Å². The molecule has 5 nitrogen and oxygen atoms in total. The number of rotatable bonds is 6. The highest BCUT2D eigenvalue weighted by atomic mass is 35.5. The molecule has 1 N–H and O–H groups in total. The van der Waals surface area contributed by atoms with E-state index in [1.807, 2.05) is 31.3 Å². The van der Waals surface area contributed by atoms with Crippen molar-refractivity contribution in [2.45, 2.75) is 13.2 Å². The molecule has 21 heavy (non-hydrogen) atoms. The number of hydrogen-bond donors (Lipinski definition) is 1. The number of halogens is 1. The van der Waals surface area contributed by atoms with Gasteiger partial charge in [0, 0.05) is 12.6 Å². The number of nitrogens with zero attached hydrogens (tertiary/aromatic N) is 1. The summed E-state index contributed by atoms with van der Waals surface area (Å²) >= 11 is 6.03. The van der Waals surface area contributed by atoms with Crippen molar-refractivity contribution < 1.29 is 9.66 Å². The Morgan fingerprint density at radius 1 is 1.29 bits per heavy atom. The Kier molecular flexibility index (Phi) is 5.14. The van der Waals surface area contributed by atoms with E-state index >= 15 is 0 Å². The first kappa shape index (κ1) is 15.3. The van der Waals surface area contributed by atoms with Gasteiger partial charge in [0.05, 0.1) is 15.5 Å². The lowest BCUT2D eigenvalue weighted by Crippen LogP contribution is -2.05. The fourth-order valence-corrected chi connectivity index (χ4v) is 2.19. The van der Waals surface area contributed by atoms with Crippen molar-refractivity contribution in [3.63, 3.8) is 0 Å². The zero-order valence-electron chi connectivity index (χ0n) is 11.5. The van der Waals surface area contributed by atoms with Crippen LogP contribution in [0.15, 0.2) is 42.5 Å². The quantitative estimate of drug-likeness (QED) is 0.655. The Balaban J connectivity index is 2.16. The third kappa shape index (κ3) is 3.93. The van der Waals surface area contributed by atoms with Gasteiger partial charge >= 0.3 is 0 Å². The molecule has 0 heterocycles. The van der Waals surface area contributed by atoms with Crippen LogP contribution in [-0.4, -0.2) is 12.0 Å². The van der Waals surface area contributed by atoms with Gasteiger partial charge in [0.2, 0.25) is 0 Å². The Hall–Kier alpha value is -2.11. The minimum Gasteiger partial charge on any atom is -0.489 e. The van der Waals surface area contributed by atoms with E-state index in [0.717, 1.165) is 12.1 Å². The van der Waals surface area contributed by atoms with Gasteiger partial charge in [0.15, 0.2) is 0 Å². The van der Waals surface area contributed by atoms with Crippen LogP contribution in [0.4, 0.5) is 5.69 Å². The number of nitro groups is 1. The van der Waals surface area contributed by atoms with Crippen molar-refractivity contribution in [1.82, 2.24) is 5.32 Å². The molecule has 110 valence electrons. The van der Waals surface area contributed by atoms with Crippen LogP contribution in [0.3, 0.4) is 0 Å². The van der Waals surface area contributed by atoms with Gasteiger partial charge < -0.3 is 10.1 Å². The third-order valence-electron chi connectivity index (χ3n) is 2.95. The molecule has 2 aromatic rings. The summed E-state index contributed by atoms with van der Waals surface area (Å²) in [6, 6.07) is 12.1. The highest BCUT2D eigenvalue weighted by Gasteiger charge is 2.17. The first-order valence-corrected chi connectivity index (χ1v) is 6.77. The third-order valence-corrected chi connectivity index (χ3v) is 3.31. The summed E-state index contributed by atoms with van der Waals surface area (Å²) in [6.07, 6.45) is 0. The summed E-state index contributed by atoms with van der Waals surface area (Å²) in [4.78, 5) is 10.6. The van der Waals surface area contributed by atoms with Crippen molar-refractivity contribution in [3.05, 3.63) is 68.7 Å². The minimum atomic E-state index is -0.456. The van der Waals surface area contributed by atoms with Crippen LogP contribution in [0.2, 0.25) is 5.02 Å². The summed E-state index contributed by atoms with van der Waals surface area (Å²) in [5.41, 5.74) is 1.42. The second-order valence-electron chi connectivity index (χ2n) is 4.46. The van der Waals surface area contributed by atoms with Crippen LogP contribution >= 0.6 is 11.6 Å². The summed E-state index contributed by atoms with van der Waals surface area (Å²) in [5, 5.41) is 14.4. The van der Waals surface area contributed by atoms with Crippen molar-refractivity contribution in [3.8, 4) is 5.75 Å². The molecule has 0 radical (unpaired) electrons. The fourth-order valence-electron chi connectivity index (χ4n) is 1.97. The molecule has 0 aromatic heterocycles. The molecule has 2 rings (SSSR count). The van der Waals surface area contributed by atoms with Gasteiger partial charge in [-0.3, -0.25) is 10.1 Å². The van der Waals surface area contributed by atoms with Crippen LogP contribution in [0.5, 0.6) is 5.75 Å². The highest BCUT2D eigenvalue weighted by Crippen LogP contribution is 2.27. The average Bonchev–Trinajstić information content (AvgIpc) is 2.46. The van der Waals surface area contributed by atoms with E-state index in [2.05, 4.69) is 5.32 Å². The maximum atomic E-state index is 11.0. The van der Waals surface area contributed by atoms with E-state index in [0.29, 0.717) is 16.3 Å². The first-order valence-electron chi connectivity index (χ1n) is 6.40. The Bertz CT molecular complexity index is 647. The predicted molar refractivity (Wildman–Crippen MR) is 81.6 cm³/mol. The van der Waals surface area contributed by atoms with E-state index < -0.39 is 4.92 Å². The van der Waals surface area contributed by atoms with Gasteiger partial charge in [0.25, 0.3) is 5.69 Å². The Morgan fingerprint density at radius 3 is 2.76 bits per heavy atom. The van der Waals surface area contributed by atoms with Crippen LogP contribution in [0.1, 0.15) is 11.1 Å². The number of benzene rings is 2.